The minimum atomic E-state index is -0.423. The Morgan fingerprint density at radius 2 is 1.40 bits per heavy atom. The molecule has 0 N–H and O–H groups in total. The van der Waals surface area contributed by atoms with Crippen LogP contribution in [-0.2, 0) is 4.79 Å². The molecule has 108 valence electrons. The normalized spacial score (nSPS) is 9.60. The summed E-state index contributed by atoms with van der Waals surface area (Å²) in [6.07, 6.45) is 0. The molecule has 1 nitrogen and oxygen atoms in total. The molecule has 2 aromatic rings. The van der Waals surface area contributed by atoms with Gasteiger partial charge in [-0.3, -0.25) is 4.79 Å². The van der Waals surface area contributed by atoms with Crippen molar-refractivity contribution in [2.24, 2.45) is 0 Å². The van der Waals surface area contributed by atoms with Crippen molar-refractivity contribution in [3.05, 3.63) is 58.6 Å². The number of hydrogen-bond donors (Lipinski definition) is 0. The Kier molecular flexibility index (Phi) is 10.4. The SMILES string of the molecule is CC(=O)Cl.Cl.Clc1cccc(Cl)c1[AsH]c1ccccc1. The number of hydrogen-bond acceptors (Lipinski definition) is 1. The second-order valence-corrected chi connectivity index (χ2v) is 7.69. The van der Waals surface area contributed by atoms with Gasteiger partial charge < -0.3 is 0 Å². The minimum absolute atomic E-state index is 0. The molecule has 0 amide bonds. The molecule has 0 radical (unpaired) electrons. The molecule has 6 heteroatoms. The summed E-state index contributed by atoms with van der Waals surface area (Å²) in [4.78, 5) is 9.21. The zero-order valence-electron chi connectivity index (χ0n) is 10.6. The van der Waals surface area contributed by atoms with Crippen LogP contribution in [0, 0.1) is 0 Å². The van der Waals surface area contributed by atoms with Crippen LogP contribution in [0.1, 0.15) is 6.92 Å². The molecule has 1 unspecified atom stereocenters. The standard InChI is InChI=1S/C12H9AsCl2.C2H3ClO.ClH/c14-10-7-4-8-11(15)12(10)13-9-5-2-1-3-6-9;1-2(3)4;/h1-8,13H;1H3;1H. The molecule has 0 aliphatic carbocycles. The van der Waals surface area contributed by atoms with Crippen LogP contribution < -0.4 is 8.70 Å². The van der Waals surface area contributed by atoms with Crippen LogP contribution in [0.15, 0.2) is 48.5 Å². The van der Waals surface area contributed by atoms with Gasteiger partial charge in [-0.15, -0.1) is 12.4 Å². The molecule has 0 aliphatic heterocycles. The fourth-order valence-corrected chi connectivity index (χ4v) is 4.38. The molecular weight excluding hydrogens is 401 g/mol. The molecule has 2 aromatic carbocycles. The molecule has 0 aliphatic rings. The Balaban J connectivity index is 0.000000644. The second-order valence-electron chi connectivity index (χ2n) is 3.56. The van der Waals surface area contributed by atoms with Crippen molar-refractivity contribution < 1.29 is 4.79 Å². The zero-order valence-corrected chi connectivity index (χ0v) is 15.8. The Morgan fingerprint density at radius 1 is 0.950 bits per heavy atom. The van der Waals surface area contributed by atoms with E-state index in [9.17, 15) is 4.79 Å². The average molecular weight is 414 g/mol. The molecule has 0 spiro atoms. The summed E-state index contributed by atoms with van der Waals surface area (Å²) >= 11 is 16.5. The fraction of sp³-hybridized carbons (Fsp3) is 0.0714. The molecule has 20 heavy (non-hydrogen) atoms. The van der Waals surface area contributed by atoms with Crippen molar-refractivity contribution in [2.45, 2.75) is 6.92 Å². The van der Waals surface area contributed by atoms with Gasteiger partial charge in [-0.1, -0.05) is 0 Å². The van der Waals surface area contributed by atoms with Crippen molar-refractivity contribution in [3.63, 3.8) is 0 Å². The zero-order chi connectivity index (χ0) is 14.3. The van der Waals surface area contributed by atoms with E-state index in [0.717, 1.165) is 14.4 Å². The second kappa shape index (κ2) is 10.5. The topological polar surface area (TPSA) is 17.1 Å². The van der Waals surface area contributed by atoms with Gasteiger partial charge >= 0.3 is 106 Å². The first-order valence-electron chi connectivity index (χ1n) is 5.43. The van der Waals surface area contributed by atoms with E-state index < -0.39 is 15.8 Å². The van der Waals surface area contributed by atoms with Crippen LogP contribution >= 0.6 is 47.2 Å². The van der Waals surface area contributed by atoms with Crippen molar-refractivity contribution in [1.82, 2.24) is 0 Å². The van der Waals surface area contributed by atoms with E-state index in [1.165, 1.54) is 11.3 Å². The van der Waals surface area contributed by atoms with E-state index in [4.69, 9.17) is 23.2 Å². The van der Waals surface area contributed by atoms with E-state index in [1.54, 1.807) is 0 Å². The molecule has 2 rings (SSSR count). The van der Waals surface area contributed by atoms with Crippen molar-refractivity contribution >= 4 is 76.9 Å². The fourth-order valence-electron chi connectivity index (χ4n) is 1.28. The summed E-state index contributed by atoms with van der Waals surface area (Å²) in [5.41, 5.74) is 0. The van der Waals surface area contributed by atoms with Gasteiger partial charge in [0.05, 0.1) is 0 Å². The molecule has 1 atom stereocenters. The molecule has 0 aromatic heterocycles. The molecule has 0 heterocycles. The Bertz CT molecular complexity index is 522. The van der Waals surface area contributed by atoms with Crippen LogP contribution in [0.3, 0.4) is 0 Å². The third-order valence-electron chi connectivity index (χ3n) is 2.01. The van der Waals surface area contributed by atoms with Crippen molar-refractivity contribution in [1.29, 1.82) is 0 Å². The van der Waals surface area contributed by atoms with Crippen LogP contribution in [0.2, 0.25) is 10.0 Å². The maximum atomic E-state index is 9.21. The van der Waals surface area contributed by atoms with Crippen molar-refractivity contribution in [3.8, 4) is 0 Å². The van der Waals surface area contributed by atoms with Crippen molar-refractivity contribution in [2.75, 3.05) is 0 Å². The van der Waals surface area contributed by atoms with Gasteiger partial charge in [0.25, 0.3) is 0 Å². The van der Waals surface area contributed by atoms with E-state index in [1.807, 2.05) is 36.4 Å². The summed E-state index contributed by atoms with van der Waals surface area (Å²) in [6.45, 7) is 1.29. The van der Waals surface area contributed by atoms with Gasteiger partial charge in [0.15, 0.2) is 0 Å². The maximum absolute atomic E-state index is 9.21. The Hall–Kier alpha value is -0.172. The third-order valence-corrected chi connectivity index (χ3v) is 6.26. The van der Waals surface area contributed by atoms with Gasteiger partial charge in [0.1, 0.15) is 0 Å². The quantitative estimate of drug-likeness (QED) is 0.543. The number of rotatable bonds is 2. The molecular formula is C14H13AsCl4O. The third kappa shape index (κ3) is 7.57. The number of benzene rings is 2. The Labute approximate surface area is 146 Å². The van der Waals surface area contributed by atoms with Crippen LogP contribution in [0.25, 0.3) is 0 Å². The van der Waals surface area contributed by atoms with E-state index in [0.29, 0.717) is 0 Å². The summed E-state index contributed by atoms with van der Waals surface area (Å²) < 4.78 is 2.46. The molecule has 0 saturated carbocycles. The van der Waals surface area contributed by atoms with Crippen LogP contribution in [0.4, 0.5) is 0 Å². The van der Waals surface area contributed by atoms with E-state index >= 15 is 0 Å². The summed E-state index contributed by atoms with van der Waals surface area (Å²) in [5, 5.41) is 1.21. The molecule has 0 fully saturated rings. The monoisotopic (exact) mass is 412 g/mol. The number of carbonyl (C=O) groups excluding carboxylic acids is 1. The first-order chi connectivity index (χ1) is 9.00. The summed E-state index contributed by atoms with van der Waals surface area (Å²) in [7, 11) is 0. The number of halogens is 4. The first-order valence-corrected chi connectivity index (χ1v) is 8.66. The van der Waals surface area contributed by atoms with Gasteiger partial charge in [-0.2, -0.15) is 0 Å². The number of carbonyl (C=O) groups is 1. The molecule has 0 bridgehead atoms. The van der Waals surface area contributed by atoms with Gasteiger partial charge in [0.2, 0.25) is 5.24 Å². The predicted octanol–water partition coefficient (Wildman–Crippen LogP) is 3.57. The summed E-state index contributed by atoms with van der Waals surface area (Å²) in [6, 6.07) is 16.0. The van der Waals surface area contributed by atoms with Crippen LogP contribution in [0.5, 0.6) is 0 Å². The van der Waals surface area contributed by atoms with Crippen LogP contribution in [-0.4, -0.2) is 21.0 Å². The Morgan fingerprint density at radius 3 is 1.85 bits per heavy atom. The van der Waals surface area contributed by atoms with E-state index in [-0.39, 0.29) is 17.6 Å². The van der Waals surface area contributed by atoms with Gasteiger partial charge in [-0.05, 0) is 11.6 Å². The molecule has 0 saturated heterocycles. The van der Waals surface area contributed by atoms with E-state index in [2.05, 4.69) is 23.7 Å². The summed E-state index contributed by atoms with van der Waals surface area (Å²) in [5.74, 6) is 0. The predicted molar refractivity (Wildman–Crippen MR) is 93.1 cm³/mol. The first kappa shape index (κ1) is 19.8. The van der Waals surface area contributed by atoms with Gasteiger partial charge in [-0.25, -0.2) is 0 Å². The average Bonchev–Trinajstić information content (AvgIpc) is 2.35. The van der Waals surface area contributed by atoms with Gasteiger partial charge in [0, 0.05) is 6.92 Å².